The van der Waals surface area contributed by atoms with Crippen molar-refractivity contribution in [2.75, 3.05) is 6.54 Å². The Balaban J connectivity index is 2.38. The zero-order chi connectivity index (χ0) is 13.4. The highest BCUT2D eigenvalue weighted by atomic mass is 16.2. The van der Waals surface area contributed by atoms with Gasteiger partial charge in [-0.15, -0.1) is 0 Å². The average molecular weight is 254 g/mol. The minimum atomic E-state index is 0.0368. The summed E-state index contributed by atoms with van der Waals surface area (Å²) in [6, 6.07) is 0.413. The van der Waals surface area contributed by atoms with Gasteiger partial charge in [0, 0.05) is 6.04 Å². The van der Waals surface area contributed by atoms with Crippen LogP contribution in [-0.2, 0) is 4.79 Å². The molecule has 3 heteroatoms. The van der Waals surface area contributed by atoms with Gasteiger partial charge in [0.25, 0.3) is 0 Å². The summed E-state index contributed by atoms with van der Waals surface area (Å²) in [6.45, 7) is 7.61. The van der Waals surface area contributed by atoms with Crippen molar-refractivity contribution in [2.24, 2.45) is 5.92 Å². The van der Waals surface area contributed by atoms with Gasteiger partial charge in [-0.2, -0.15) is 0 Å². The number of unbranched alkanes of at least 4 members (excludes halogenated alkanes) is 1. The van der Waals surface area contributed by atoms with Crippen LogP contribution in [-0.4, -0.2) is 24.5 Å². The van der Waals surface area contributed by atoms with E-state index in [0.29, 0.717) is 12.0 Å². The van der Waals surface area contributed by atoms with E-state index in [2.05, 4.69) is 31.4 Å². The molecule has 0 bridgehead atoms. The van der Waals surface area contributed by atoms with Crippen LogP contribution >= 0.6 is 0 Å². The van der Waals surface area contributed by atoms with Crippen molar-refractivity contribution in [3.63, 3.8) is 0 Å². The molecule has 1 heterocycles. The molecular formula is C15H30N2O. The largest absolute Gasteiger partial charge is 0.352 e. The third kappa shape index (κ3) is 5.38. The van der Waals surface area contributed by atoms with E-state index in [1.807, 2.05) is 0 Å². The highest BCUT2D eigenvalue weighted by Gasteiger charge is 2.25. The number of nitrogens with one attached hydrogen (secondary N) is 2. The summed E-state index contributed by atoms with van der Waals surface area (Å²) < 4.78 is 0. The zero-order valence-corrected chi connectivity index (χ0v) is 12.3. The molecular weight excluding hydrogens is 224 g/mol. The Hall–Kier alpha value is -0.570. The Labute approximate surface area is 112 Å². The van der Waals surface area contributed by atoms with Crippen LogP contribution in [0, 0.1) is 5.92 Å². The van der Waals surface area contributed by atoms with Crippen LogP contribution in [0.2, 0.25) is 0 Å². The lowest BCUT2D eigenvalue weighted by atomic mass is 9.93. The van der Waals surface area contributed by atoms with Gasteiger partial charge >= 0.3 is 0 Å². The quantitative estimate of drug-likeness (QED) is 0.733. The van der Waals surface area contributed by atoms with Crippen molar-refractivity contribution < 1.29 is 4.79 Å². The normalized spacial score (nSPS) is 25.7. The maximum atomic E-state index is 12.2. The van der Waals surface area contributed by atoms with Crippen LogP contribution in [0.4, 0.5) is 0 Å². The molecule has 1 amide bonds. The molecule has 2 N–H and O–H groups in total. The third-order valence-corrected chi connectivity index (χ3v) is 3.87. The van der Waals surface area contributed by atoms with Gasteiger partial charge in [-0.05, 0) is 38.1 Å². The molecule has 0 aromatic heterocycles. The topological polar surface area (TPSA) is 41.1 Å². The Morgan fingerprint density at radius 3 is 2.72 bits per heavy atom. The first kappa shape index (κ1) is 15.5. The van der Waals surface area contributed by atoms with Crippen LogP contribution in [0.25, 0.3) is 0 Å². The summed E-state index contributed by atoms with van der Waals surface area (Å²) in [5.41, 5.74) is 0. The van der Waals surface area contributed by atoms with Crippen molar-refractivity contribution in [2.45, 2.75) is 77.8 Å². The molecule has 3 unspecified atom stereocenters. The van der Waals surface area contributed by atoms with Crippen LogP contribution in [0.3, 0.4) is 0 Å². The first-order valence-corrected chi connectivity index (χ1v) is 7.71. The molecule has 1 aliphatic rings. The van der Waals surface area contributed by atoms with Crippen LogP contribution < -0.4 is 10.6 Å². The lowest BCUT2D eigenvalue weighted by Gasteiger charge is -2.29. The maximum absolute atomic E-state index is 12.2. The van der Waals surface area contributed by atoms with Crippen LogP contribution in [0.1, 0.15) is 65.7 Å². The molecule has 1 saturated heterocycles. The Bertz CT molecular complexity index is 243. The molecule has 1 rings (SSSR count). The third-order valence-electron chi connectivity index (χ3n) is 3.87. The van der Waals surface area contributed by atoms with Gasteiger partial charge < -0.3 is 10.6 Å². The van der Waals surface area contributed by atoms with E-state index >= 15 is 0 Å². The summed E-state index contributed by atoms with van der Waals surface area (Å²) in [6.07, 6.45) is 7.96. The van der Waals surface area contributed by atoms with E-state index in [1.165, 1.54) is 19.3 Å². The number of hydrogen-bond donors (Lipinski definition) is 2. The van der Waals surface area contributed by atoms with Crippen molar-refractivity contribution >= 4 is 5.91 Å². The molecule has 1 aliphatic heterocycles. The fraction of sp³-hybridized carbons (Fsp3) is 0.933. The number of rotatable bonds is 7. The van der Waals surface area contributed by atoms with Gasteiger partial charge in [0.2, 0.25) is 5.91 Å². The highest BCUT2D eigenvalue weighted by molar-refractivity contribution is 5.82. The number of carbonyl (C=O) groups is 1. The van der Waals surface area contributed by atoms with E-state index in [4.69, 9.17) is 0 Å². The fourth-order valence-corrected chi connectivity index (χ4v) is 2.70. The second-order valence-corrected chi connectivity index (χ2v) is 5.77. The molecule has 0 radical (unpaired) electrons. The minimum Gasteiger partial charge on any atom is -0.352 e. The maximum Gasteiger partial charge on any atom is 0.237 e. The first-order chi connectivity index (χ1) is 8.67. The summed E-state index contributed by atoms with van der Waals surface area (Å²) in [5.74, 6) is 0.887. The van der Waals surface area contributed by atoms with Crippen LogP contribution in [0.15, 0.2) is 0 Å². The van der Waals surface area contributed by atoms with Crippen molar-refractivity contribution in [3.05, 3.63) is 0 Å². The van der Waals surface area contributed by atoms with Crippen molar-refractivity contribution in [3.8, 4) is 0 Å². The summed E-state index contributed by atoms with van der Waals surface area (Å²) >= 11 is 0. The van der Waals surface area contributed by atoms with Crippen LogP contribution in [0.5, 0.6) is 0 Å². The summed E-state index contributed by atoms with van der Waals surface area (Å²) in [5, 5.41) is 6.58. The van der Waals surface area contributed by atoms with E-state index in [-0.39, 0.29) is 11.9 Å². The lowest BCUT2D eigenvalue weighted by molar-refractivity contribution is -0.124. The molecule has 3 atom stereocenters. The lowest BCUT2D eigenvalue weighted by Crippen LogP contribution is -2.50. The molecule has 0 aromatic rings. The number of amides is 1. The van der Waals surface area contributed by atoms with Gasteiger partial charge in [-0.3, -0.25) is 4.79 Å². The summed E-state index contributed by atoms with van der Waals surface area (Å²) in [4.78, 5) is 12.2. The molecule has 0 spiro atoms. The van der Waals surface area contributed by atoms with Gasteiger partial charge in [0.15, 0.2) is 0 Å². The minimum absolute atomic E-state index is 0.0368. The number of piperidine rings is 1. The Morgan fingerprint density at radius 2 is 2.11 bits per heavy atom. The van der Waals surface area contributed by atoms with E-state index in [9.17, 15) is 4.79 Å². The van der Waals surface area contributed by atoms with Gasteiger partial charge in [0.1, 0.15) is 0 Å². The zero-order valence-electron chi connectivity index (χ0n) is 12.3. The fourth-order valence-electron chi connectivity index (χ4n) is 2.70. The van der Waals surface area contributed by atoms with Crippen molar-refractivity contribution in [1.82, 2.24) is 10.6 Å². The first-order valence-electron chi connectivity index (χ1n) is 7.71. The van der Waals surface area contributed by atoms with Gasteiger partial charge in [-0.25, -0.2) is 0 Å². The highest BCUT2D eigenvalue weighted by Crippen LogP contribution is 2.16. The summed E-state index contributed by atoms with van der Waals surface area (Å²) in [7, 11) is 0. The molecule has 18 heavy (non-hydrogen) atoms. The molecule has 1 fully saturated rings. The SMILES string of the molecule is CCCCC(CCC)NC(=O)C1CC(C)CCN1. The predicted octanol–water partition coefficient (Wildman–Crippen LogP) is 2.85. The molecule has 0 aromatic carbocycles. The molecule has 0 aliphatic carbocycles. The van der Waals surface area contributed by atoms with Crippen molar-refractivity contribution in [1.29, 1.82) is 0 Å². The number of carbonyl (C=O) groups excluding carboxylic acids is 1. The predicted molar refractivity (Wildman–Crippen MR) is 76.6 cm³/mol. The van der Waals surface area contributed by atoms with E-state index in [1.54, 1.807) is 0 Å². The van der Waals surface area contributed by atoms with Gasteiger partial charge in [0.05, 0.1) is 6.04 Å². The average Bonchev–Trinajstić information content (AvgIpc) is 2.36. The second-order valence-electron chi connectivity index (χ2n) is 5.77. The molecule has 0 saturated carbocycles. The second kappa shape index (κ2) is 8.52. The van der Waals surface area contributed by atoms with E-state index in [0.717, 1.165) is 32.2 Å². The monoisotopic (exact) mass is 254 g/mol. The molecule has 3 nitrogen and oxygen atoms in total. The smallest absolute Gasteiger partial charge is 0.237 e. The Morgan fingerprint density at radius 1 is 1.33 bits per heavy atom. The standard InChI is InChI=1S/C15H30N2O/c1-4-6-8-13(7-5-2)17-15(18)14-11-12(3)9-10-16-14/h12-14,16H,4-11H2,1-3H3,(H,17,18). The Kier molecular flexibility index (Phi) is 7.33. The molecule has 106 valence electrons. The van der Waals surface area contributed by atoms with E-state index < -0.39 is 0 Å². The van der Waals surface area contributed by atoms with Gasteiger partial charge in [-0.1, -0.05) is 40.0 Å². The number of hydrogen-bond acceptors (Lipinski definition) is 2.